The van der Waals surface area contributed by atoms with Crippen molar-refractivity contribution in [1.29, 1.82) is 0 Å². The Morgan fingerprint density at radius 1 is 1.26 bits per heavy atom. The second kappa shape index (κ2) is 9.28. The third kappa shape index (κ3) is 5.26. The van der Waals surface area contributed by atoms with Gasteiger partial charge in [0.25, 0.3) is 0 Å². The Bertz CT molecular complexity index is 663. The number of halogens is 1. The van der Waals surface area contributed by atoms with Crippen LogP contribution in [0.2, 0.25) is 0 Å². The van der Waals surface area contributed by atoms with Crippen LogP contribution in [0, 0.1) is 5.82 Å². The fourth-order valence-corrected chi connectivity index (χ4v) is 3.76. The maximum atomic E-state index is 14.0. The van der Waals surface area contributed by atoms with E-state index in [9.17, 15) is 14.0 Å². The Labute approximate surface area is 160 Å². The van der Waals surface area contributed by atoms with Gasteiger partial charge in [-0.1, -0.05) is 18.2 Å². The first-order valence-corrected chi connectivity index (χ1v) is 9.76. The topological polar surface area (TPSA) is 55.9 Å². The smallest absolute Gasteiger partial charge is 0.237 e. The highest BCUT2D eigenvalue weighted by Gasteiger charge is 2.32. The Hall–Kier alpha value is -1.99. The molecular weight excluding hydrogens is 347 g/mol. The number of amides is 2. The van der Waals surface area contributed by atoms with Crippen LogP contribution in [0.15, 0.2) is 24.3 Å². The van der Waals surface area contributed by atoms with Gasteiger partial charge in [-0.3, -0.25) is 14.5 Å². The standard InChI is InChI=1S/C20H29FN4O2/c1-23(12-13-24-9-4-5-10-24)19(26)14-18-20(27)22-8-11-25(18)15-16-6-2-3-7-17(16)21/h2-3,6-7,18H,4-5,8-15H2,1H3,(H,22,27). The van der Waals surface area contributed by atoms with Crippen molar-refractivity contribution >= 4 is 11.8 Å². The van der Waals surface area contributed by atoms with E-state index < -0.39 is 6.04 Å². The van der Waals surface area contributed by atoms with Gasteiger partial charge in [0.1, 0.15) is 5.82 Å². The molecule has 1 aromatic rings. The maximum absolute atomic E-state index is 14.0. The first-order chi connectivity index (χ1) is 13.0. The number of nitrogens with one attached hydrogen (secondary N) is 1. The highest BCUT2D eigenvalue weighted by molar-refractivity contribution is 5.88. The van der Waals surface area contributed by atoms with Crippen LogP contribution >= 0.6 is 0 Å². The molecule has 2 amide bonds. The number of hydrogen-bond donors (Lipinski definition) is 1. The lowest BCUT2D eigenvalue weighted by Gasteiger charge is -2.35. The van der Waals surface area contributed by atoms with E-state index in [1.807, 2.05) is 4.90 Å². The molecule has 0 bridgehead atoms. The van der Waals surface area contributed by atoms with Crippen molar-refractivity contribution in [2.75, 3.05) is 46.3 Å². The third-order valence-corrected chi connectivity index (χ3v) is 5.52. The first-order valence-electron chi connectivity index (χ1n) is 9.76. The molecule has 6 nitrogen and oxygen atoms in total. The second-order valence-electron chi connectivity index (χ2n) is 7.44. The highest BCUT2D eigenvalue weighted by atomic mass is 19.1. The molecule has 0 aliphatic carbocycles. The van der Waals surface area contributed by atoms with Gasteiger partial charge in [-0.25, -0.2) is 4.39 Å². The molecule has 2 saturated heterocycles. The molecule has 0 saturated carbocycles. The Balaban J connectivity index is 1.58. The lowest BCUT2D eigenvalue weighted by molar-refractivity contribution is -0.138. The number of carbonyl (C=O) groups excluding carboxylic acids is 2. The summed E-state index contributed by atoms with van der Waals surface area (Å²) < 4.78 is 14.0. The van der Waals surface area contributed by atoms with E-state index in [0.717, 1.165) is 19.6 Å². The van der Waals surface area contributed by atoms with E-state index in [1.54, 1.807) is 30.1 Å². The van der Waals surface area contributed by atoms with Gasteiger partial charge in [0.15, 0.2) is 0 Å². The molecule has 2 aliphatic rings. The minimum atomic E-state index is -0.555. The number of benzene rings is 1. The van der Waals surface area contributed by atoms with Gasteiger partial charge in [-0.15, -0.1) is 0 Å². The lowest BCUT2D eigenvalue weighted by atomic mass is 10.1. The third-order valence-electron chi connectivity index (χ3n) is 5.52. The largest absolute Gasteiger partial charge is 0.353 e. The Morgan fingerprint density at radius 3 is 2.74 bits per heavy atom. The minimum absolute atomic E-state index is 0.0465. The summed E-state index contributed by atoms with van der Waals surface area (Å²) in [5.41, 5.74) is 0.548. The van der Waals surface area contributed by atoms with Crippen LogP contribution in [0.5, 0.6) is 0 Å². The number of likely N-dealkylation sites (tertiary alicyclic amines) is 1. The number of likely N-dealkylation sites (N-methyl/N-ethyl adjacent to an activating group) is 1. The molecule has 2 heterocycles. The summed E-state index contributed by atoms with van der Waals surface area (Å²) in [4.78, 5) is 31.0. The van der Waals surface area contributed by atoms with Crippen molar-refractivity contribution < 1.29 is 14.0 Å². The summed E-state index contributed by atoms with van der Waals surface area (Å²) in [5.74, 6) is -0.482. The number of rotatable bonds is 7. The Morgan fingerprint density at radius 2 is 2.00 bits per heavy atom. The second-order valence-corrected chi connectivity index (χ2v) is 7.44. The zero-order chi connectivity index (χ0) is 19.2. The predicted octanol–water partition coefficient (Wildman–Crippen LogP) is 1.07. The number of nitrogens with zero attached hydrogens (tertiary/aromatic N) is 3. The number of piperazine rings is 1. The number of carbonyl (C=O) groups is 2. The van der Waals surface area contributed by atoms with E-state index in [2.05, 4.69) is 10.2 Å². The molecule has 0 spiro atoms. The molecule has 1 atom stereocenters. The van der Waals surface area contributed by atoms with Crippen molar-refractivity contribution in [3.05, 3.63) is 35.6 Å². The van der Waals surface area contributed by atoms with Crippen LogP contribution in [0.1, 0.15) is 24.8 Å². The molecule has 3 rings (SSSR count). The monoisotopic (exact) mass is 376 g/mol. The molecule has 148 valence electrons. The SMILES string of the molecule is CN(CCN1CCCC1)C(=O)CC1C(=O)NCCN1Cc1ccccc1F. The zero-order valence-corrected chi connectivity index (χ0v) is 16.0. The molecule has 2 fully saturated rings. The first kappa shape index (κ1) is 19.8. The van der Waals surface area contributed by atoms with Gasteiger partial charge in [0.05, 0.1) is 12.5 Å². The van der Waals surface area contributed by atoms with Crippen molar-refractivity contribution in [3.63, 3.8) is 0 Å². The van der Waals surface area contributed by atoms with Crippen LogP contribution in [0.4, 0.5) is 4.39 Å². The van der Waals surface area contributed by atoms with Crippen LogP contribution in [-0.4, -0.2) is 78.9 Å². The van der Waals surface area contributed by atoms with E-state index >= 15 is 0 Å². The summed E-state index contributed by atoms with van der Waals surface area (Å²) in [5, 5.41) is 2.83. The summed E-state index contributed by atoms with van der Waals surface area (Å²) in [6.07, 6.45) is 2.58. The van der Waals surface area contributed by atoms with Crippen molar-refractivity contribution in [1.82, 2.24) is 20.0 Å². The minimum Gasteiger partial charge on any atom is -0.353 e. The molecule has 0 radical (unpaired) electrons. The number of hydrogen-bond acceptors (Lipinski definition) is 4. The van der Waals surface area contributed by atoms with Gasteiger partial charge in [-0.2, -0.15) is 0 Å². The van der Waals surface area contributed by atoms with Crippen LogP contribution in [0.25, 0.3) is 0 Å². The average molecular weight is 376 g/mol. The molecule has 27 heavy (non-hydrogen) atoms. The van der Waals surface area contributed by atoms with E-state index in [4.69, 9.17) is 0 Å². The van der Waals surface area contributed by atoms with Gasteiger partial charge < -0.3 is 15.1 Å². The maximum Gasteiger partial charge on any atom is 0.237 e. The van der Waals surface area contributed by atoms with Crippen molar-refractivity contribution in [2.45, 2.75) is 31.8 Å². The summed E-state index contributed by atoms with van der Waals surface area (Å²) >= 11 is 0. The molecule has 1 aromatic carbocycles. The molecule has 1 N–H and O–H groups in total. The highest BCUT2D eigenvalue weighted by Crippen LogP contribution is 2.17. The van der Waals surface area contributed by atoms with E-state index in [1.165, 1.54) is 18.9 Å². The molecule has 7 heteroatoms. The Kier molecular flexibility index (Phi) is 6.79. The van der Waals surface area contributed by atoms with E-state index in [0.29, 0.717) is 31.7 Å². The van der Waals surface area contributed by atoms with Gasteiger partial charge in [-0.05, 0) is 32.0 Å². The summed E-state index contributed by atoms with van der Waals surface area (Å²) in [6, 6.07) is 6.03. The predicted molar refractivity (Wildman–Crippen MR) is 102 cm³/mol. The van der Waals surface area contributed by atoms with Crippen molar-refractivity contribution in [2.24, 2.45) is 0 Å². The van der Waals surface area contributed by atoms with Crippen LogP contribution in [0.3, 0.4) is 0 Å². The average Bonchev–Trinajstić information content (AvgIpc) is 3.18. The molecule has 2 aliphatic heterocycles. The molecule has 0 aromatic heterocycles. The molecule has 1 unspecified atom stereocenters. The van der Waals surface area contributed by atoms with Crippen molar-refractivity contribution in [3.8, 4) is 0 Å². The molecular formula is C20H29FN4O2. The fraction of sp³-hybridized carbons (Fsp3) is 0.600. The van der Waals surface area contributed by atoms with Gasteiger partial charge in [0.2, 0.25) is 11.8 Å². The van der Waals surface area contributed by atoms with Crippen LogP contribution in [-0.2, 0) is 16.1 Å². The quantitative estimate of drug-likeness (QED) is 0.774. The fourth-order valence-electron chi connectivity index (χ4n) is 3.76. The van der Waals surface area contributed by atoms with Gasteiger partial charge >= 0.3 is 0 Å². The lowest BCUT2D eigenvalue weighted by Crippen LogP contribution is -2.56. The van der Waals surface area contributed by atoms with E-state index in [-0.39, 0.29) is 24.1 Å². The normalized spacial score (nSPS) is 21.3. The summed E-state index contributed by atoms with van der Waals surface area (Å²) in [6.45, 7) is 5.19. The summed E-state index contributed by atoms with van der Waals surface area (Å²) in [7, 11) is 1.79. The van der Waals surface area contributed by atoms with Gasteiger partial charge in [0, 0.05) is 45.3 Å². The zero-order valence-electron chi connectivity index (χ0n) is 16.0. The van der Waals surface area contributed by atoms with Crippen LogP contribution < -0.4 is 5.32 Å².